The minimum atomic E-state index is -0.00378. The van der Waals surface area contributed by atoms with Gasteiger partial charge in [0.25, 0.3) is 0 Å². The molecular weight excluding hydrogens is 248 g/mol. The Balaban J connectivity index is 2.08. The predicted molar refractivity (Wildman–Crippen MR) is 70.9 cm³/mol. The zero-order valence-corrected chi connectivity index (χ0v) is 10.8. The van der Waals surface area contributed by atoms with Gasteiger partial charge in [0.1, 0.15) is 5.15 Å². The summed E-state index contributed by atoms with van der Waals surface area (Å²) < 4.78 is 0. The van der Waals surface area contributed by atoms with Gasteiger partial charge in [-0.15, -0.1) is 0 Å². The first-order valence-electron chi connectivity index (χ1n) is 5.77. The van der Waals surface area contributed by atoms with E-state index in [1.807, 2.05) is 18.3 Å². The number of ketones is 1. The van der Waals surface area contributed by atoms with E-state index in [0.717, 1.165) is 12.1 Å². The Morgan fingerprint density at radius 1 is 1.17 bits per heavy atom. The van der Waals surface area contributed by atoms with Crippen molar-refractivity contribution in [3.63, 3.8) is 0 Å². The fourth-order valence-corrected chi connectivity index (χ4v) is 1.69. The smallest absolute Gasteiger partial charge is 0.170 e. The summed E-state index contributed by atoms with van der Waals surface area (Å²) in [5.74, 6) is -0.00378. The summed E-state index contributed by atoms with van der Waals surface area (Å²) in [7, 11) is 0. The normalized spacial score (nSPS) is 10.3. The van der Waals surface area contributed by atoms with Crippen LogP contribution < -0.4 is 0 Å². The highest BCUT2D eigenvalue weighted by Gasteiger charge is 2.08. The second-order valence-corrected chi connectivity index (χ2v) is 4.37. The molecule has 0 N–H and O–H groups in total. The molecule has 2 heterocycles. The molecule has 0 bridgehead atoms. The zero-order valence-electron chi connectivity index (χ0n) is 10.1. The van der Waals surface area contributed by atoms with Crippen LogP contribution in [0.2, 0.25) is 5.15 Å². The van der Waals surface area contributed by atoms with Gasteiger partial charge in [-0.1, -0.05) is 24.6 Å². The van der Waals surface area contributed by atoms with Gasteiger partial charge < -0.3 is 0 Å². The number of aromatic nitrogens is 2. The van der Waals surface area contributed by atoms with Crippen molar-refractivity contribution in [3.05, 3.63) is 58.6 Å². The minimum absolute atomic E-state index is 0.00378. The highest BCUT2D eigenvalue weighted by molar-refractivity contribution is 6.29. The van der Waals surface area contributed by atoms with Gasteiger partial charge in [0.2, 0.25) is 0 Å². The van der Waals surface area contributed by atoms with Gasteiger partial charge in [-0.05, 0) is 30.2 Å². The number of carbonyl (C=O) groups excluding carboxylic acids is 1. The number of aryl methyl sites for hydroxylation is 1. The predicted octanol–water partition coefficient (Wildman–Crippen LogP) is 3.12. The lowest BCUT2D eigenvalue weighted by Crippen LogP contribution is -2.05. The van der Waals surface area contributed by atoms with Gasteiger partial charge in [0.05, 0.1) is 6.42 Å². The van der Waals surface area contributed by atoms with Gasteiger partial charge >= 0.3 is 0 Å². The molecule has 92 valence electrons. The van der Waals surface area contributed by atoms with Crippen molar-refractivity contribution in [2.75, 3.05) is 0 Å². The van der Waals surface area contributed by atoms with E-state index in [2.05, 4.69) is 16.9 Å². The van der Waals surface area contributed by atoms with Crippen molar-refractivity contribution in [1.29, 1.82) is 0 Å². The molecule has 4 heteroatoms. The molecular formula is C14H13ClN2O. The van der Waals surface area contributed by atoms with Crippen LogP contribution in [0.4, 0.5) is 0 Å². The summed E-state index contributed by atoms with van der Waals surface area (Å²) in [5, 5.41) is 0.386. The van der Waals surface area contributed by atoms with Gasteiger partial charge in [0.15, 0.2) is 5.78 Å². The van der Waals surface area contributed by atoms with E-state index in [1.54, 1.807) is 12.1 Å². The summed E-state index contributed by atoms with van der Waals surface area (Å²) in [6, 6.07) is 7.18. The summed E-state index contributed by atoms with van der Waals surface area (Å²) in [4.78, 5) is 20.1. The fourth-order valence-electron chi connectivity index (χ4n) is 1.58. The first kappa shape index (κ1) is 12.7. The largest absolute Gasteiger partial charge is 0.294 e. The van der Waals surface area contributed by atoms with E-state index in [-0.39, 0.29) is 12.2 Å². The zero-order chi connectivity index (χ0) is 13.0. The molecule has 2 aromatic rings. The summed E-state index contributed by atoms with van der Waals surface area (Å²) >= 11 is 5.68. The van der Waals surface area contributed by atoms with E-state index in [4.69, 9.17) is 11.6 Å². The number of pyridine rings is 2. The lowest BCUT2D eigenvalue weighted by Gasteiger charge is -2.02. The standard InChI is InChI=1S/C14H13ClN2O/c1-2-10-3-5-12(16-8-10)7-13(18)11-4-6-14(15)17-9-11/h3-6,8-9H,2,7H2,1H3. The van der Waals surface area contributed by atoms with Gasteiger partial charge in [-0.2, -0.15) is 0 Å². The highest BCUT2D eigenvalue weighted by atomic mass is 35.5. The minimum Gasteiger partial charge on any atom is -0.294 e. The van der Waals surface area contributed by atoms with E-state index in [0.29, 0.717) is 10.7 Å². The summed E-state index contributed by atoms with van der Waals surface area (Å²) in [6.45, 7) is 2.07. The maximum Gasteiger partial charge on any atom is 0.170 e. The first-order valence-corrected chi connectivity index (χ1v) is 6.15. The number of carbonyl (C=O) groups is 1. The lowest BCUT2D eigenvalue weighted by molar-refractivity contribution is 0.0991. The molecule has 0 radical (unpaired) electrons. The van der Waals surface area contributed by atoms with E-state index in [9.17, 15) is 4.79 Å². The molecule has 2 aromatic heterocycles. The average molecular weight is 261 g/mol. The molecule has 0 saturated carbocycles. The molecule has 18 heavy (non-hydrogen) atoms. The topological polar surface area (TPSA) is 42.9 Å². The van der Waals surface area contributed by atoms with E-state index in [1.165, 1.54) is 11.8 Å². The van der Waals surface area contributed by atoms with Gasteiger partial charge in [0, 0.05) is 23.7 Å². The second-order valence-electron chi connectivity index (χ2n) is 3.98. The SMILES string of the molecule is CCc1ccc(CC(=O)c2ccc(Cl)nc2)nc1. The molecule has 0 unspecified atom stereocenters. The Morgan fingerprint density at radius 3 is 2.56 bits per heavy atom. The Hall–Kier alpha value is -1.74. The lowest BCUT2D eigenvalue weighted by atomic mass is 10.1. The Kier molecular flexibility index (Phi) is 4.05. The molecule has 0 saturated heterocycles. The van der Waals surface area contributed by atoms with Crippen LogP contribution in [0, 0.1) is 0 Å². The molecule has 0 aromatic carbocycles. The number of halogens is 1. The van der Waals surface area contributed by atoms with Crippen LogP contribution in [0.25, 0.3) is 0 Å². The van der Waals surface area contributed by atoms with Gasteiger partial charge in [-0.25, -0.2) is 4.98 Å². The average Bonchev–Trinajstić information content (AvgIpc) is 2.40. The second kappa shape index (κ2) is 5.74. The molecule has 0 amide bonds. The fraction of sp³-hybridized carbons (Fsp3) is 0.214. The van der Waals surface area contributed by atoms with Crippen LogP contribution in [-0.2, 0) is 12.8 Å². The van der Waals surface area contributed by atoms with Crippen molar-refractivity contribution in [1.82, 2.24) is 9.97 Å². The van der Waals surface area contributed by atoms with Crippen LogP contribution in [0.15, 0.2) is 36.7 Å². The van der Waals surface area contributed by atoms with Crippen molar-refractivity contribution in [3.8, 4) is 0 Å². The maximum atomic E-state index is 12.0. The van der Waals surface area contributed by atoms with Crippen LogP contribution in [0.5, 0.6) is 0 Å². The van der Waals surface area contributed by atoms with Crippen molar-refractivity contribution >= 4 is 17.4 Å². The number of Topliss-reactive ketones (excluding diaryl/α,β-unsaturated/α-hetero) is 1. The van der Waals surface area contributed by atoms with Gasteiger partial charge in [-0.3, -0.25) is 9.78 Å². The molecule has 0 aliphatic heterocycles. The molecule has 2 rings (SSSR count). The number of rotatable bonds is 4. The number of hydrogen-bond donors (Lipinski definition) is 0. The molecule has 0 spiro atoms. The number of hydrogen-bond acceptors (Lipinski definition) is 3. The number of nitrogens with zero attached hydrogens (tertiary/aromatic N) is 2. The highest BCUT2D eigenvalue weighted by Crippen LogP contribution is 2.09. The van der Waals surface area contributed by atoms with Crippen LogP contribution in [0.1, 0.15) is 28.5 Å². The van der Waals surface area contributed by atoms with Crippen LogP contribution >= 0.6 is 11.6 Å². The Labute approximate surface area is 111 Å². The summed E-state index contributed by atoms with van der Waals surface area (Å²) in [5.41, 5.74) is 2.49. The van der Waals surface area contributed by atoms with Crippen LogP contribution in [0.3, 0.4) is 0 Å². The molecule has 0 atom stereocenters. The quantitative estimate of drug-likeness (QED) is 0.627. The maximum absolute atomic E-state index is 12.0. The Morgan fingerprint density at radius 2 is 2.00 bits per heavy atom. The van der Waals surface area contributed by atoms with Crippen molar-refractivity contribution in [2.24, 2.45) is 0 Å². The van der Waals surface area contributed by atoms with Crippen LogP contribution in [-0.4, -0.2) is 15.8 Å². The third-order valence-electron chi connectivity index (χ3n) is 2.69. The summed E-state index contributed by atoms with van der Waals surface area (Å²) in [6.07, 6.45) is 4.53. The van der Waals surface area contributed by atoms with E-state index >= 15 is 0 Å². The van der Waals surface area contributed by atoms with Crippen molar-refractivity contribution < 1.29 is 4.79 Å². The Bertz CT molecular complexity index is 535. The third-order valence-corrected chi connectivity index (χ3v) is 2.91. The molecule has 0 aliphatic carbocycles. The van der Waals surface area contributed by atoms with Crippen molar-refractivity contribution in [2.45, 2.75) is 19.8 Å². The third kappa shape index (κ3) is 3.14. The molecule has 0 fully saturated rings. The monoisotopic (exact) mass is 260 g/mol. The molecule has 0 aliphatic rings. The first-order chi connectivity index (χ1) is 8.69. The molecule has 3 nitrogen and oxygen atoms in total. The van der Waals surface area contributed by atoms with E-state index < -0.39 is 0 Å².